The summed E-state index contributed by atoms with van der Waals surface area (Å²) in [7, 11) is 5.44. The van der Waals surface area contributed by atoms with E-state index in [0.29, 0.717) is 27.0 Å². The molecule has 3 heterocycles. The lowest BCUT2D eigenvalue weighted by atomic mass is 9.83. The van der Waals surface area contributed by atoms with Gasteiger partial charge in [-0.15, -0.1) is 0 Å². The SMILES string of the molecule is COc1ccc(N2C(=O)[C@H]3[C@H](c4ccc(N(C)C)cc4)c4sc(=O)n(CC(=O)Nc5cccc(C)c5)c4S[C@H]3C2=O)cc1. The zero-order valence-electron chi connectivity index (χ0n) is 24.1. The van der Waals surface area contributed by atoms with E-state index in [9.17, 15) is 19.2 Å². The third-order valence-electron chi connectivity index (χ3n) is 7.75. The number of methoxy groups -OCH3 is 1. The van der Waals surface area contributed by atoms with Crippen LogP contribution in [0.25, 0.3) is 0 Å². The molecule has 43 heavy (non-hydrogen) atoms. The molecule has 0 aliphatic carbocycles. The first-order valence-corrected chi connectivity index (χ1v) is 15.4. The minimum Gasteiger partial charge on any atom is -0.497 e. The number of hydrogen-bond acceptors (Lipinski definition) is 8. The van der Waals surface area contributed by atoms with Crippen LogP contribution in [0.15, 0.2) is 82.6 Å². The first-order chi connectivity index (χ1) is 20.7. The Kier molecular flexibility index (Phi) is 7.61. The number of imide groups is 1. The van der Waals surface area contributed by atoms with Crippen molar-refractivity contribution in [1.29, 1.82) is 0 Å². The van der Waals surface area contributed by atoms with Crippen molar-refractivity contribution in [2.75, 3.05) is 36.3 Å². The number of thioether (sulfide) groups is 1. The van der Waals surface area contributed by atoms with Crippen molar-refractivity contribution in [3.05, 3.63) is 98.5 Å². The number of amides is 3. The van der Waals surface area contributed by atoms with Crippen molar-refractivity contribution >= 4 is 57.9 Å². The first-order valence-electron chi connectivity index (χ1n) is 13.7. The fourth-order valence-corrected chi connectivity index (χ4v) is 8.42. The quantitative estimate of drug-likeness (QED) is 0.301. The molecule has 0 saturated carbocycles. The van der Waals surface area contributed by atoms with Gasteiger partial charge in [0.05, 0.1) is 23.7 Å². The summed E-state index contributed by atoms with van der Waals surface area (Å²) in [5.41, 5.74) is 3.92. The Hall–Kier alpha value is -4.35. The lowest BCUT2D eigenvalue weighted by molar-refractivity contribution is -0.122. The molecule has 0 unspecified atom stereocenters. The van der Waals surface area contributed by atoms with Gasteiger partial charge in [-0.25, -0.2) is 4.90 Å². The van der Waals surface area contributed by atoms with Crippen LogP contribution in [-0.2, 0) is 20.9 Å². The highest BCUT2D eigenvalue weighted by molar-refractivity contribution is 8.00. The molecule has 0 spiro atoms. The van der Waals surface area contributed by atoms with Crippen LogP contribution in [0.5, 0.6) is 5.75 Å². The summed E-state index contributed by atoms with van der Waals surface area (Å²) in [5.74, 6) is -1.65. The van der Waals surface area contributed by atoms with Gasteiger partial charge in [-0.3, -0.25) is 23.7 Å². The van der Waals surface area contributed by atoms with Crippen molar-refractivity contribution in [1.82, 2.24) is 4.57 Å². The smallest absolute Gasteiger partial charge is 0.308 e. The van der Waals surface area contributed by atoms with Gasteiger partial charge in [0.1, 0.15) is 17.5 Å². The Balaban J connectivity index is 1.41. The number of fused-ring (bicyclic) bond motifs is 2. The van der Waals surface area contributed by atoms with E-state index >= 15 is 0 Å². The van der Waals surface area contributed by atoms with E-state index in [1.54, 1.807) is 37.4 Å². The maximum atomic E-state index is 14.1. The Morgan fingerprint density at radius 3 is 2.35 bits per heavy atom. The summed E-state index contributed by atoms with van der Waals surface area (Å²) in [6, 6.07) is 22.1. The Bertz CT molecular complexity index is 1780. The van der Waals surface area contributed by atoms with E-state index in [-0.39, 0.29) is 29.1 Å². The normalized spacial score (nSPS) is 19.2. The molecular weight excluding hydrogens is 585 g/mol. The summed E-state index contributed by atoms with van der Waals surface area (Å²) < 4.78 is 6.68. The van der Waals surface area contributed by atoms with Gasteiger partial charge in [0.15, 0.2) is 0 Å². The average molecular weight is 615 g/mol. The molecule has 0 bridgehead atoms. The molecule has 11 heteroatoms. The van der Waals surface area contributed by atoms with E-state index in [0.717, 1.165) is 28.2 Å². The van der Waals surface area contributed by atoms with Gasteiger partial charge in [0.25, 0.3) is 0 Å². The molecule has 4 aromatic rings. The predicted molar refractivity (Wildman–Crippen MR) is 170 cm³/mol. The molecule has 220 valence electrons. The van der Waals surface area contributed by atoms with Gasteiger partial charge < -0.3 is 15.0 Å². The number of nitrogens with zero attached hydrogens (tertiary/aromatic N) is 3. The molecule has 2 aliphatic heterocycles. The van der Waals surface area contributed by atoms with Gasteiger partial charge in [0, 0.05) is 36.3 Å². The van der Waals surface area contributed by atoms with Gasteiger partial charge in [-0.1, -0.05) is 47.4 Å². The molecule has 3 amide bonds. The Morgan fingerprint density at radius 2 is 1.70 bits per heavy atom. The molecule has 1 aromatic heterocycles. The van der Waals surface area contributed by atoms with Crippen LogP contribution in [0, 0.1) is 12.8 Å². The lowest BCUT2D eigenvalue weighted by Gasteiger charge is -2.31. The largest absolute Gasteiger partial charge is 0.497 e. The Morgan fingerprint density at radius 1 is 0.977 bits per heavy atom. The van der Waals surface area contributed by atoms with E-state index in [4.69, 9.17) is 4.74 Å². The van der Waals surface area contributed by atoms with Crippen LogP contribution in [0.4, 0.5) is 17.1 Å². The zero-order chi connectivity index (χ0) is 30.4. The second kappa shape index (κ2) is 11.4. The van der Waals surface area contributed by atoms with Crippen molar-refractivity contribution in [3.63, 3.8) is 0 Å². The number of hydrogen-bond donors (Lipinski definition) is 1. The van der Waals surface area contributed by atoms with Crippen LogP contribution >= 0.6 is 23.1 Å². The van der Waals surface area contributed by atoms with Crippen LogP contribution in [0.2, 0.25) is 0 Å². The minimum atomic E-state index is -0.763. The van der Waals surface area contributed by atoms with Crippen molar-refractivity contribution in [2.45, 2.75) is 29.7 Å². The molecule has 3 atom stereocenters. The molecule has 1 N–H and O–H groups in total. The average Bonchev–Trinajstić information content (AvgIpc) is 3.43. The lowest BCUT2D eigenvalue weighted by Crippen LogP contribution is -2.33. The monoisotopic (exact) mass is 614 g/mol. The summed E-state index contributed by atoms with van der Waals surface area (Å²) in [4.78, 5) is 58.1. The highest BCUT2D eigenvalue weighted by Crippen LogP contribution is 2.54. The van der Waals surface area contributed by atoms with Crippen molar-refractivity contribution in [2.24, 2.45) is 5.92 Å². The highest BCUT2D eigenvalue weighted by atomic mass is 32.2. The number of anilines is 3. The van der Waals surface area contributed by atoms with Crippen LogP contribution in [-0.4, -0.2) is 48.7 Å². The number of aromatic nitrogens is 1. The maximum absolute atomic E-state index is 14.1. The van der Waals surface area contributed by atoms with E-state index in [2.05, 4.69) is 5.32 Å². The first kappa shape index (κ1) is 28.8. The number of aryl methyl sites for hydroxylation is 1. The molecule has 9 nitrogen and oxygen atoms in total. The van der Waals surface area contributed by atoms with Gasteiger partial charge >= 0.3 is 4.87 Å². The Labute approximate surface area is 257 Å². The fourth-order valence-electron chi connectivity index (χ4n) is 5.65. The number of ether oxygens (including phenoxy) is 1. The highest BCUT2D eigenvalue weighted by Gasteiger charge is 2.56. The van der Waals surface area contributed by atoms with E-state index in [1.807, 2.05) is 68.4 Å². The third-order valence-corrected chi connectivity index (χ3v) is 10.4. The fraction of sp³-hybridized carbons (Fsp3) is 0.250. The van der Waals surface area contributed by atoms with Crippen molar-refractivity contribution < 1.29 is 19.1 Å². The molecule has 1 fully saturated rings. The van der Waals surface area contributed by atoms with Gasteiger partial charge in [0.2, 0.25) is 17.7 Å². The second-order valence-electron chi connectivity index (χ2n) is 10.8. The number of carbonyl (C=O) groups excluding carboxylic acids is 3. The number of thiazole rings is 1. The number of carbonyl (C=O) groups is 3. The predicted octanol–water partition coefficient (Wildman–Crippen LogP) is 4.73. The molecule has 3 aromatic carbocycles. The summed E-state index contributed by atoms with van der Waals surface area (Å²) in [6.45, 7) is 1.72. The summed E-state index contributed by atoms with van der Waals surface area (Å²) >= 11 is 2.23. The molecular formula is C32H30N4O5S2. The second-order valence-corrected chi connectivity index (χ2v) is 12.9. The minimum absolute atomic E-state index is 0.209. The summed E-state index contributed by atoms with van der Waals surface area (Å²) in [5, 5.41) is 2.66. The van der Waals surface area contributed by atoms with Gasteiger partial charge in [-0.2, -0.15) is 0 Å². The maximum Gasteiger partial charge on any atom is 0.308 e. The zero-order valence-corrected chi connectivity index (χ0v) is 25.7. The molecule has 0 radical (unpaired) electrons. The van der Waals surface area contributed by atoms with Crippen LogP contribution in [0.3, 0.4) is 0 Å². The van der Waals surface area contributed by atoms with E-state index in [1.165, 1.54) is 21.2 Å². The van der Waals surface area contributed by atoms with Crippen LogP contribution in [0.1, 0.15) is 21.9 Å². The van der Waals surface area contributed by atoms with E-state index < -0.39 is 17.1 Å². The van der Waals surface area contributed by atoms with Crippen LogP contribution < -0.4 is 24.7 Å². The molecule has 6 rings (SSSR count). The molecule has 2 aliphatic rings. The number of nitrogens with one attached hydrogen (secondary N) is 1. The van der Waals surface area contributed by atoms with Crippen molar-refractivity contribution in [3.8, 4) is 5.75 Å². The molecule has 1 saturated heterocycles. The number of benzene rings is 3. The number of rotatable bonds is 7. The topological polar surface area (TPSA) is 101 Å². The summed E-state index contributed by atoms with van der Waals surface area (Å²) in [6.07, 6.45) is 0. The third kappa shape index (κ3) is 5.23. The van der Waals surface area contributed by atoms with Gasteiger partial charge in [-0.05, 0) is 66.6 Å². The standard InChI is InChI=1S/C32H30N4O5S2/c1-18-6-5-7-20(16-18)33-24(37)17-35-31-28(43-32(35)40)25(19-8-10-21(11-9-19)34(2)3)26-27(42-31)30(39)36(29(26)38)22-12-14-23(41-4)15-13-22/h5-16,25-27H,17H2,1-4H3,(H,33,37)/t25-,26-,27+/m0/s1.